The molecule has 0 unspecified atom stereocenters. The molecule has 0 amide bonds. The van der Waals surface area contributed by atoms with E-state index in [2.05, 4.69) is 20.4 Å². The Hall–Kier alpha value is -2.08. The van der Waals surface area contributed by atoms with Crippen LogP contribution in [0.25, 0.3) is 5.78 Å². The van der Waals surface area contributed by atoms with E-state index in [0.29, 0.717) is 17.5 Å². The number of rotatable bonds is 3. The largest absolute Gasteiger partial charge is 0.465 e. The van der Waals surface area contributed by atoms with Crippen LogP contribution in [0.1, 0.15) is 11.5 Å². The fraction of sp³-hybridized carbons (Fsp3) is 0.182. The van der Waals surface area contributed by atoms with Gasteiger partial charge in [-0.25, -0.2) is 0 Å². The quantitative estimate of drug-likeness (QED) is 0.735. The van der Waals surface area contributed by atoms with Gasteiger partial charge in [0.25, 0.3) is 5.78 Å². The Kier molecular flexibility index (Phi) is 2.64. The molecule has 0 aliphatic heterocycles. The highest BCUT2D eigenvalue weighted by Crippen LogP contribution is 2.16. The molecule has 3 aromatic rings. The maximum absolute atomic E-state index is 5.91. The average molecular weight is 264 g/mol. The van der Waals surface area contributed by atoms with Gasteiger partial charge in [0.15, 0.2) is 0 Å². The third-order valence-corrected chi connectivity index (χ3v) is 2.65. The summed E-state index contributed by atoms with van der Waals surface area (Å²) in [7, 11) is 0. The minimum absolute atomic E-state index is 0.369. The van der Waals surface area contributed by atoms with Crippen LogP contribution in [0.2, 0.25) is 5.15 Å². The van der Waals surface area contributed by atoms with Crippen LogP contribution in [0.3, 0.4) is 0 Å². The summed E-state index contributed by atoms with van der Waals surface area (Å²) in [6, 6.07) is 5.53. The fourth-order valence-corrected chi connectivity index (χ4v) is 1.85. The number of furan rings is 1. The average Bonchev–Trinajstić information content (AvgIpc) is 2.94. The van der Waals surface area contributed by atoms with Crippen LogP contribution in [0, 0.1) is 6.92 Å². The van der Waals surface area contributed by atoms with Crippen molar-refractivity contribution in [1.29, 1.82) is 0 Å². The van der Waals surface area contributed by atoms with Gasteiger partial charge in [-0.3, -0.25) is 0 Å². The third kappa shape index (κ3) is 2.02. The first-order valence-electron chi connectivity index (χ1n) is 5.38. The first-order valence-corrected chi connectivity index (χ1v) is 5.75. The number of nitrogens with zero attached hydrogens (tertiary/aromatic N) is 4. The molecule has 18 heavy (non-hydrogen) atoms. The molecule has 1 N–H and O–H groups in total. The van der Waals surface area contributed by atoms with E-state index >= 15 is 0 Å². The second kappa shape index (κ2) is 4.30. The van der Waals surface area contributed by atoms with Gasteiger partial charge in [-0.2, -0.15) is 19.6 Å². The maximum Gasteiger partial charge on any atom is 0.255 e. The molecule has 7 heteroatoms. The smallest absolute Gasteiger partial charge is 0.255 e. The second-order valence-corrected chi connectivity index (χ2v) is 4.19. The fourth-order valence-electron chi connectivity index (χ4n) is 1.67. The van der Waals surface area contributed by atoms with Crippen molar-refractivity contribution in [1.82, 2.24) is 19.6 Å². The Morgan fingerprint density at radius 2 is 2.33 bits per heavy atom. The zero-order valence-corrected chi connectivity index (χ0v) is 10.3. The molecule has 92 valence electrons. The lowest BCUT2D eigenvalue weighted by Gasteiger charge is -2.06. The van der Waals surface area contributed by atoms with Crippen molar-refractivity contribution in [2.75, 3.05) is 5.32 Å². The molecule has 0 aliphatic rings. The van der Waals surface area contributed by atoms with Gasteiger partial charge in [0.05, 0.1) is 6.54 Å². The molecular formula is C11H10ClN5O. The summed E-state index contributed by atoms with van der Waals surface area (Å²) >= 11 is 5.91. The Morgan fingerprint density at radius 3 is 3.11 bits per heavy atom. The van der Waals surface area contributed by atoms with Crippen molar-refractivity contribution in [2.45, 2.75) is 13.5 Å². The first kappa shape index (κ1) is 11.0. The molecule has 6 nitrogen and oxygen atoms in total. The lowest BCUT2D eigenvalue weighted by atomic mass is 10.4. The molecule has 3 aromatic heterocycles. The molecular weight excluding hydrogens is 254 g/mol. The SMILES string of the molecule is Cc1ccc(CNc2cc(Cl)nc3ncnn23)o1. The zero-order valence-electron chi connectivity index (χ0n) is 9.59. The lowest BCUT2D eigenvalue weighted by Crippen LogP contribution is -2.05. The van der Waals surface area contributed by atoms with E-state index in [1.807, 2.05) is 19.1 Å². The van der Waals surface area contributed by atoms with Crippen LogP contribution < -0.4 is 5.32 Å². The number of aromatic nitrogens is 4. The first-order chi connectivity index (χ1) is 8.72. The van der Waals surface area contributed by atoms with Crippen molar-refractivity contribution in [3.63, 3.8) is 0 Å². The summed E-state index contributed by atoms with van der Waals surface area (Å²) < 4.78 is 7.06. The molecule has 3 heterocycles. The van der Waals surface area contributed by atoms with E-state index in [1.165, 1.54) is 6.33 Å². The van der Waals surface area contributed by atoms with Crippen LogP contribution >= 0.6 is 11.6 Å². The Morgan fingerprint density at radius 1 is 1.44 bits per heavy atom. The number of halogens is 1. The molecule has 0 fully saturated rings. The van der Waals surface area contributed by atoms with E-state index in [1.54, 1.807) is 10.6 Å². The minimum atomic E-state index is 0.369. The number of hydrogen-bond donors (Lipinski definition) is 1. The highest BCUT2D eigenvalue weighted by atomic mass is 35.5. The summed E-state index contributed by atoms with van der Waals surface area (Å²) in [6.45, 7) is 2.45. The van der Waals surface area contributed by atoms with E-state index in [4.69, 9.17) is 16.0 Å². The van der Waals surface area contributed by atoms with Crippen molar-refractivity contribution < 1.29 is 4.42 Å². The third-order valence-electron chi connectivity index (χ3n) is 2.46. The minimum Gasteiger partial charge on any atom is -0.465 e. The van der Waals surface area contributed by atoms with E-state index in [-0.39, 0.29) is 0 Å². The lowest BCUT2D eigenvalue weighted by molar-refractivity contribution is 0.490. The van der Waals surface area contributed by atoms with Gasteiger partial charge in [-0.05, 0) is 19.1 Å². The normalized spacial score (nSPS) is 11.0. The van der Waals surface area contributed by atoms with E-state index in [0.717, 1.165) is 17.3 Å². The number of nitrogens with one attached hydrogen (secondary N) is 1. The van der Waals surface area contributed by atoms with Gasteiger partial charge < -0.3 is 9.73 Å². The summed E-state index contributed by atoms with van der Waals surface area (Å²) in [4.78, 5) is 8.04. The van der Waals surface area contributed by atoms with Gasteiger partial charge in [-0.15, -0.1) is 0 Å². The summed E-state index contributed by atoms with van der Waals surface area (Å²) in [5, 5.41) is 7.62. The number of fused-ring (bicyclic) bond motifs is 1. The van der Waals surface area contributed by atoms with Crippen LogP contribution in [-0.2, 0) is 6.54 Å². The molecule has 0 saturated heterocycles. The van der Waals surface area contributed by atoms with E-state index in [9.17, 15) is 0 Å². The number of anilines is 1. The van der Waals surface area contributed by atoms with E-state index < -0.39 is 0 Å². The molecule has 0 aliphatic carbocycles. The summed E-state index contributed by atoms with van der Waals surface area (Å²) in [5.74, 6) is 2.90. The molecule has 0 saturated carbocycles. The molecule has 0 bridgehead atoms. The molecule has 0 spiro atoms. The van der Waals surface area contributed by atoms with Crippen LogP contribution in [0.15, 0.2) is 28.9 Å². The van der Waals surface area contributed by atoms with Crippen molar-refractivity contribution >= 4 is 23.2 Å². The highest BCUT2D eigenvalue weighted by molar-refractivity contribution is 6.29. The van der Waals surface area contributed by atoms with Gasteiger partial charge >= 0.3 is 0 Å². The van der Waals surface area contributed by atoms with Crippen LogP contribution in [0.4, 0.5) is 5.82 Å². The summed E-state index contributed by atoms with van der Waals surface area (Å²) in [6.07, 6.45) is 1.43. The monoisotopic (exact) mass is 263 g/mol. The molecule has 0 atom stereocenters. The molecule has 0 radical (unpaired) electrons. The molecule has 0 aromatic carbocycles. The predicted molar refractivity (Wildman–Crippen MR) is 66.6 cm³/mol. The van der Waals surface area contributed by atoms with Gasteiger partial charge in [-0.1, -0.05) is 11.6 Å². The summed E-state index contributed by atoms with van der Waals surface area (Å²) in [5.41, 5.74) is 0. The number of aryl methyl sites for hydroxylation is 1. The number of hydrogen-bond acceptors (Lipinski definition) is 5. The Balaban J connectivity index is 1.87. The van der Waals surface area contributed by atoms with Gasteiger partial charge in [0.2, 0.25) is 0 Å². The van der Waals surface area contributed by atoms with Crippen LogP contribution in [0.5, 0.6) is 0 Å². The zero-order chi connectivity index (χ0) is 12.5. The molecule has 3 rings (SSSR count). The second-order valence-electron chi connectivity index (χ2n) is 3.80. The Labute approximate surface area is 108 Å². The standard InChI is InChI=1S/C11H10ClN5O/c1-7-2-3-8(18-7)5-13-10-4-9(12)16-11-14-6-15-17(10)11/h2-4,6,13H,5H2,1H3. The van der Waals surface area contributed by atoms with Gasteiger partial charge in [0, 0.05) is 6.07 Å². The maximum atomic E-state index is 5.91. The predicted octanol–water partition coefficient (Wildman–Crippen LogP) is 2.29. The van der Waals surface area contributed by atoms with Crippen molar-refractivity contribution in [2.24, 2.45) is 0 Å². The Bertz CT molecular complexity index is 690. The topological polar surface area (TPSA) is 68.2 Å². The van der Waals surface area contributed by atoms with Crippen LogP contribution in [-0.4, -0.2) is 19.6 Å². The van der Waals surface area contributed by atoms with Crippen molar-refractivity contribution in [3.05, 3.63) is 41.2 Å². The van der Waals surface area contributed by atoms with Gasteiger partial charge in [0.1, 0.15) is 28.8 Å². The highest BCUT2D eigenvalue weighted by Gasteiger charge is 2.07. The van der Waals surface area contributed by atoms with Crippen molar-refractivity contribution in [3.8, 4) is 0 Å².